The summed E-state index contributed by atoms with van der Waals surface area (Å²) >= 11 is 3.44. The quantitative estimate of drug-likeness (QED) is 0.558. The van der Waals surface area contributed by atoms with E-state index >= 15 is 0 Å². The first kappa shape index (κ1) is 10.4. The number of allylic oxidation sites excluding steroid dienone is 2. The number of Topliss-reactive ketones (excluding diaryl/α,β-unsaturated/α-hetero) is 1. The van der Waals surface area contributed by atoms with Gasteiger partial charge in [0.15, 0.2) is 0 Å². The highest BCUT2D eigenvalue weighted by atomic mass is 79.9. The van der Waals surface area contributed by atoms with Crippen molar-refractivity contribution in [2.45, 2.75) is 43.9 Å². The highest BCUT2D eigenvalue weighted by molar-refractivity contribution is 9.10. The van der Waals surface area contributed by atoms with Crippen LogP contribution in [0.15, 0.2) is 12.2 Å². The van der Waals surface area contributed by atoms with Crippen LogP contribution in [0.25, 0.3) is 0 Å². The van der Waals surface area contributed by atoms with Gasteiger partial charge in [0.2, 0.25) is 0 Å². The van der Waals surface area contributed by atoms with Crippen molar-refractivity contribution in [3.63, 3.8) is 0 Å². The van der Waals surface area contributed by atoms with Gasteiger partial charge in [-0.1, -0.05) is 28.1 Å². The SMILES string of the molecule is CC(C)(Br)C(=O)CC12C=CC(CC1)C2. The second-order valence-corrected chi connectivity index (χ2v) is 7.28. The summed E-state index contributed by atoms with van der Waals surface area (Å²) in [7, 11) is 0. The van der Waals surface area contributed by atoms with Crippen molar-refractivity contribution in [2.75, 3.05) is 0 Å². The standard InChI is InChI=1S/C12H17BrO/c1-11(2,13)10(14)8-12-5-3-9(7-12)4-6-12/h3,5,9H,4,6-8H2,1-2H3. The average Bonchev–Trinajstić information content (AvgIpc) is 2.61. The lowest BCUT2D eigenvalue weighted by Crippen LogP contribution is -2.29. The van der Waals surface area contributed by atoms with Gasteiger partial charge in [0, 0.05) is 6.42 Å². The molecule has 2 aliphatic rings. The Balaban J connectivity index is 2.05. The van der Waals surface area contributed by atoms with Crippen LogP contribution in [0, 0.1) is 11.3 Å². The Bertz CT molecular complexity index is 287. The second kappa shape index (κ2) is 3.19. The third kappa shape index (κ3) is 1.81. The molecule has 78 valence electrons. The number of rotatable bonds is 3. The van der Waals surface area contributed by atoms with Gasteiger partial charge in [-0.15, -0.1) is 0 Å². The van der Waals surface area contributed by atoms with Crippen molar-refractivity contribution in [3.8, 4) is 0 Å². The van der Waals surface area contributed by atoms with E-state index < -0.39 is 0 Å². The van der Waals surface area contributed by atoms with Crippen molar-refractivity contribution in [1.82, 2.24) is 0 Å². The molecule has 2 rings (SSSR count). The minimum Gasteiger partial charge on any atom is -0.298 e. The fourth-order valence-corrected chi connectivity index (χ4v) is 2.74. The molecule has 0 heterocycles. The third-order valence-corrected chi connectivity index (χ3v) is 4.02. The van der Waals surface area contributed by atoms with E-state index in [2.05, 4.69) is 28.1 Å². The van der Waals surface area contributed by atoms with E-state index in [-0.39, 0.29) is 9.74 Å². The molecule has 0 aromatic carbocycles. The largest absolute Gasteiger partial charge is 0.298 e. The van der Waals surface area contributed by atoms with E-state index in [0.29, 0.717) is 5.78 Å². The molecule has 2 bridgehead atoms. The van der Waals surface area contributed by atoms with E-state index in [0.717, 1.165) is 12.3 Å². The Morgan fingerprint density at radius 2 is 2.36 bits per heavy atom. The topological polar surface area (TPSA) is 17.1 Å². The summed E-state index contributed by atoms with van der Waals surface area (Å²) in [5.74, 6) is 1.10. The van der Waals surface area contributed by atoms with Crippen LogP contribution >= 0.6 is 15.9 Å². The summed E-state index contributed by atoms with van der Waals surface area (Å²) in [4.78, 5) is 11.9. The van der Waals surface area contributed by atoms with Gasteiger partial charge in [-0.05, 0) is 44.4 Å². The van der Waals surface area contributed by atoms with Crippen LogP contribution in [-0.4, -0.2) is 10.1 Å². The molecule has 1 nitrogen and oxygen atoms in total. The molecule has 0 radical (unpaired) electrons. The van der Waals surface area contributed by atoms with Crippen LogP contribution in [0.3, 0.4) is 0 Å². The lowest BCUT2D eigenvalue weighted by atomic mass is 9.80. The first-order valence-corrected chi connectivity index (χ1v) is 6.12. The molecule has 0 amide bonds. The predicted octanol–water partition coefficient (Wildman–Crippen LogP) is 3.48. The number of hydrogen-bond acceptors (Lipinski definition) is 1. The smallest absolute Gasteiger partial charge is 0.149 e. The Hall–Kier alpha value is -0.110. The summed E-state index contributed by atoms with van der Waals surface area (Å²) in [6.07, 6.45) is 9.02. The Kier molecular flexibility index (Phi) is 2.37. The van der Waals surface area contributed by atoms with E-state index in [9.17, 15) is 4.79 Å². The van der Waals surface area contributed by atoms with Gasteiger partial charge < -0.3 is 0 Å². The van der Waals surface area contributed by atoms with Crippen molar-refractivity contribution >= 4 is 21.7 Å². The number of fused-ring (bicyclic) bond motifs is 2. The van der Waals surface area contributed by atoms with Crippen LogP contribution < -0.4 is 0 Å². The van der Waals surface area contributed by atoms with Crippen LogP contribution in [0.2, 0.25) is 0 Å². The van der Waals surface area contributed by atoms with E-state index in [1.165, 1.54) is 19.3 Å². The molecule has 2 atom stereocenters. The molecule has 0 aliphatic heterocycles. The van der Waals surface area contributed by atoms with Gasteiger partial charge in [0.05, 0.1) is 4.32 Å². The summed E-state index contributed by atoms with van der Waals surface area (Å²) in [6.45, 7) is 3.88. The van der Waals surface area contributed by atoms with Gasteiger partial charge >= 0.3 is 0 Å². The molecule has 0 saturated heterocycles. The maximum atomic E-state index is 11.9. The zero-order valence-electron chi connectivity index (χ0n) is 8.85. The van der Waals surface area contributed by atoms with Gasteiger partial charge in [-0.2, -0.15) is 0 Å². The van der Waals surface area contributed by atoms with E-state index in [1.54, 1.807) is 0 Å². The van der Waals surface area contributed by atoms with Gasteiger partial charge in [-0.25, -0.2) is 0 Å². The number of ketones is 1. The molecule has 1 saturated carbocycles. The van der Waals surface area contributed by atoms with Crippen molar-refractivity contribution in [1.29, 1.82) is 0 Å². The molecule has 0 aromatic heterocycles. The molecule has 0 spiro atoms. The third-order valence-electron chi connectivity index (χ3n) is 3.58. The molecule has 0 N–H and O–H groups in total. The molecule has 14 heavy (non-hydrogen) atoms. The summed E-state index contributed by atoms with van der Waals surface area (Å²) in [6, 6.07) is 0. The van der Waals surface area contributed by atoms with Crippen molar-refractivity contribution in [3.05, 3.63) is 12.2 Å². The number of hydrogen-bond donors (Lipinski definition) is 0. The fourth-order valence-electron chi connectivity index (χ4n) is 2.60. The van der Waals surface area contributed by atoms with Crippen molar-refractivity contribution in [2.24, 2.45) is 11.3 Å². The number of carbonyl (C=O) groups is 1. The number of carbonyl (C=O) groups excluding carboxylic acids is 1. The molecule has 2 heteroatoms. The van der Waals surface area contributed by atoms with Gasteiger partial charge in [-0.3, -0.25) is 4.79 Å². The number of halogens is 1. The van der Waals surface area contributed by atoms with Crippen molar-refractivity contribution < 1.29 is 4.79 Å². The summed E-state index contributed by atoms with van der Waals surface area (Å²) < 4.78 is -0.351. The monoisotopic (exact) mass is 256 g/mol. The van der Waals surface area contributed by atoms with Gasteiger partial charge in [0.25, 0.3) is 0 Å². The molecular formula is C12H17BrO. The highest BCUT2D eigenvalue weighted by Crippen LogP contribution is 2.52. The first-order chi connectivity index (χ1) is 6.41. The minimum absolute atomic E-state index is 0.229. The van der Waals surface area contributed by atoms with Crippen LogP contribution in [0.4, 0.5) is 0 Å². The Morgan fingerprint density at radius 3 is 2.71 bits per heavy atom. The molecule has 1 fully saturated rings. The molecule has 2 unspecified atom stereocenters. The second-order valence-electron chi connectivity index (χ2n) is 5.30. The zero-order valence-corrected chi connectivity index (χ0v) is 10.4. The highest BCUT2D eigenvalue weighted by Gasteiger charge is 2.43. The predicted molar refractivity (Wildman–Crippen MR) is 61.5 cm³/mol. The zero-order chi connectivity index (χ0) is 10.4. The summed E-state index contributed by atoms with van der Waals surface area (Å²) in [5, 5.41) is 0. The van der Waals surface area contributed by atoms with Crippen LogP contribution in [-0.2, 0) is 4.79 Å². The number of alkyl halides is 1. The Labute approximate surface area is 94.1 Å². The van der Waals surface area contributed by atoms with E-state index in [4.69, 9.17) is 0 Å². The lowest BCUT2D eigenvalue weighted by molar-refractivity contribution is -0.122. The van der Waals surface area contributed by atoms with Crippen LogP contribution in [0.1, 0.15) is 39.5 Å². The fraction of sp³-hybridized carbons (Fsp3) is 0.750. The maximum absolute atomic E-state index is 11.9. The molecule has 0 aromatic rings. The first-order valence-electron chi connectivity index (χ1n) is 5.33. The minimum atomic E-state index is -0.351. The lowest BCUT2D eigenvalue weighted by Gasteiger charge is -2.26. The molecule has 2 aliphatic carbocycles. The Morgan fingerprint density at radius 1 is 1.64 bits per heavy atom. The average molecular weight is 257 g/mol. The molecular weight excluding hydrogens is 240 g/mol. The normalized spacial score (nSPS) is 35.2. The maximum Gasteiger partial charge on any atom is 0.149 e. The van der Waals surface area contributed by atoms with Gasteiger partial charge in [0.1, 0.15) is 5.78 Å². The summed E-state index contributed by atoms with van der Waals surface area (Å²) in [5.41, 5.74) is 0.229. The van der Waals surface area contributed by atoms with Crippen LogP contribution in [0.5, 0.6) is 0 Å². The van der Waals surface area contributed by atoms with E-state index in [1.807, 2.05) is 13.8 Å².